The first kappa shape index (κ1) is 18.1. The lowest BCUT2D eigenvalue weighted by atomic mass is 9.95. The number of aromatic nitrogens is 2. The molecule has 1 aliphatic carbocycles. The van der Waals surface area contributed by atoms with Crippen molar-refractivity contribution in [2.45, 2.75) is 50.7 Å². The molecule has 0 bridgehead atoms. The highest BCUT2D eigenvalue weighted by Gasteiger charge is 2.46. The van der Waals surface area contributed by atoms with Crippen molar-refractivity contribution in [1.82, 2.24) is 15.1 Å². The summed E-state index contributed by atoms with van der Waals surface area (Å²) in [5, 5.41) is 7.41. The van der Waals surface area contributed by atoms with Gasteiger partial charge in [0.1, 0.15) is 17.3 Å². The molecule has 144 valence electrons. The molecule has 1 N–H and O–H groups in total. The molecule has 0 saturated heterocycles. The number of carbonyl (C=O) groups excluding carboxylic acids is 1. The Morgan fingerprint density at radius 1 is 1.37 bits per heavy atom. The van der Waals surface area contributed by atoms with Gasteiger partial charge in [-0.05, 0) is 38.3 Å². The molecular weight excluding hydrogens is 352 g/mol. The minimum Gasteiger partial charge on any atom is -0.369 e. The molecule has 2 aliphatic rings. The fourth-order valence-electron chi connectivity index (χ4n) is 4.09. The van der Waals surface area contributed by atoms with Crippen molar-refractivity contribution in [2.75, 3.05) is 6.54 Å². The molecule has 0 spiro atoms. The van der Waals surface area contributed by atoms with E-state index in [1.165, 1.54) is 12.1 Å². The van der Waals surface area contributed by atoms with Crippen LogP contribution in [0.15, 0.2) is 18.2 Å². The first-order valence-corrected chi connectivity index (χ1v) is 9.26. The van der Waals surface area contributed by atoms with Crippen LogP contribution in [0.5, 0.6) is 0 Å². The van der Waals surface area contributed by atoms with Crippen LogP contribution >= 0.6 is 0 Å². The second-order valence-electron chi connectivity index (χ2n) is 7.72. The van der Waals surface area contributed by atoms with Gasteiger partial charge in [-0.25, -0.2) is 8.78 Å². The van der Waals surface area contributed by atoms with Gasteiger partial charge < -0.3 is 10.1 Å². The molecule has 4 rings (SSSR count). The summed E-state index contributed by atoms with van der Waals surface area (Å²) in [7, 11) is 1.75. The normalized spacial score (nSPS) is 23.0. The summed E-state index contributed by atoms with van der Waals surface area (Å²) >= 11 is 0. The highest BCUT2D eigenvalue weighted by atomic mass is 19.1. The Morgan fingerprint density at radius 3 is 2.78 bits per heavy atom. The second-order valence-corrected chi connectivity index (χ2v) is 7.72. The maximum atomic E-state index is 14.2. The number of ether oxygens (including phenoxy) is 1. The van der Waals surface area contributed by atoms with Crippen molar-refractivity contribution in [3.05, 3.63) is 52.3 Å². The Hall–Kier alpha value is -2.28. The predicted molar refractivity (Wildman–Crippen MR) is 95.5 cm³/mol. The van der Waals surface area contributed by atoms with Crippen molar-refractivity contribution >= 4 is 5.91 Å². The highest BCUT2D eigenvalue weighted by Crippen LogP contribution is 2.48. The first-order chi connectivity index (χ1) is 12.8. The number of hydrogen-bond donors (Lipinski definition) is 1. The van der Waals surface area contributed by atoms with Crippen LogP contribution in [0.2, 0.25) is 0 Å². The van der Waals surface area contributed by atoms with E-state index in [1.54, 1.807) is 11.7 Å². The molecule has 1 aromatic carbocycles. The smallest absolute Gasteiger partial charge is 0.269 e. The molecular formula is C20H23F2N3O2. The standard InChI is InChI=1S/C20H23F2N3O2/c1-11-8-14-17(12(2)27-11)24-25(3)18(14)19(26)23-10-20(6-7-20)15-5-4-13(21)9-16(15)22/h4-5,9,11-12H,6-8,10H2,1-3H3,(H,23,26)/t11-,12+/m1/s1. The van der Waals surface area contributed by atoms with Gasteiger partial charge in [-0.1, -0.05) is 6.07 Å². The summed E-state index contributed by atoms with van der Waals surface area (Å²) in [5.74, 6) is -1.37. The largest absolute Gasteiger partial charge is 0.369 e. The van der Waals surface area contributed by atoms with Crippen molar-refractivity contribution in [3.63, 3.8) is 0 Å². The topological polar surface area (TPSA) is 56.2 Å². The van der Waals surface area contributed by atoms with Gasteiger partial charge in [0.05, 0.1) is 17.9 Å². The minimum absolute atomic E-state index is 0.0198. The summed E-state index contributed by atoms with van der Waals surface area (Å²) in [4.78, 5) is 12.9. The lowest BCUT2D eigenvalue weighted by molar-refractivity contribution is -0.00710. The molecule has 1 aromatic heterocycles. The fraction of sp³-hybridized carbons (Fsp3) is 0.500. The van der Waals surface area contributed by atoms with Crippen LogP contribution in [0, 0.1) is 11.6 Å². The Labute approximate surface area is 156 Å². The zero-order valence-corrected chi connectivity index (χ0v) is 15.7. The summed E-state index contributed by atoms with van der Waals surface area (Å²) < 4.78 is 34.8. The van der Waals surface area contributed by atoms with E-state index in [2.05, 4.69) is 10.4 Å². The van der Waals surface area contributed by atoms with E-state index < -0.39 is 17.0 Å². The van der Waals surface area contributed by atoms with Gasteiger partial charge in [-0.15, -0.1) is 0 Å². The molecule has 1 amide bonds. The summed E-state index contributed by atoms with van der Waals surface area (Å²) in [5.41, 5.74) is 2.26. The molecule has 7 heteroatoms. The van der Waals surface area contributed by atoms with Crippen LogP contribution in [0.1, 0.15) is 60.1 Å². The van der Waals surface area contributed by atoms with E-state index in [1.807, 2.05) is 13.8 Å². The van der Waals surface area contributed by atoms with Gasteiger partial charge in [-0.2, -0.15) is 5.10 Å². The van der Waals surface area contributed by atoms with Gasteiger partial charge >= 0.3 is 0 Å². The Balaban J connectivity index is 1.54. The van der Waals surface area contributed by atoms with Crippen LogP contribution in [-0.4, -0.2) is 28.3 Å². The third-order valence-corrected chi connectivity index (χ3v) is 5.65. The molecule has 0 unspecified atom stereocenters. The molecule has 27 heavy (non-hydrogen) atoms. The van der Waals surface area contributed by atoms with Crippen molar-refractivity contribution in [2.24, 2.45) is 7.05 Å². The summed E-state index contributed by atoms with van der Waals surface area (Å²) in [6, 6.07) is 3.65. The maximum absolute atomic E-state index is 14.2. The van der Waals surface area contributed by atoms with Gasteiger partial charge in [0.2, 0.25) is 0 Å². The Kier molecular flexibility index (Phi) is 4.29. The van der Waals surface area contributed by atoms with Crippen molar-refractivity contribution < 1.29 is 18.3 Å². The number of fused-ring (bicyclic) bond motifs is 1. The van der Waals surface area contributed by atoms with Crippen LogP contribution in [0.3, 0.4) is 0 Å². The lowest BCUT2D eigenvalue weighted by Crippen LogP contribution is -2.35. The van der Waals surface area contributed by atoms with E-state index >= 15 is 0 Å². The van der Waals surface area contributed by atoms with Crippen LogP contribution in [-0.2, 0) is 23.6 Å². The summed E-state index contributed by atoms with van der Waals surface area (Å²) in [6.45, 7) is 4.22. The fourth-order valence-corrected chi connectivity index (χ4v) is 4.09. The number of halogens is 2. The number of hydrogen-bond acceptors (Lipinski definition) is 3. The number of rotatable bonds is 4. The van der Waals surface area contributed by atoms with E-state index in [9.17, 15) is 13.6 Å². The SMILES string of the molecule is C[C@@H]1Cc2c(nn(C)c2C(=O)NCC2(c3ccc(F)cc3F)CC2)[C@H](C)O1. The zero-order valence-electron chi connectivity index (χ0n) is 15.7. The average molecular weight is 375 g/mol. The van der Waals surface area contributed by atoms with Gasteiger partial charge in [0.15, 0.2) is 0 Å². The lowest BCUT2D eigenvalue weighted by Gasteiger charge is -2.25. The van der Waals surface area contributed by atoms with Gasteiger partial charge in [0.25, 0.3) is 5.91 Å². The van der Waals surface area contributed by atoms with E-state index in [4.69, 9.17) is 4.74 Å². The number of nitrogens with zero attached hydrogens (tertiary/aromatic N) is 2. The van der Waals surface area contributed by atoms with Crippen molar-refractivity contribution in [1.29, 1.82) is 0 Å². The average Bonchev–Trinajstić information content (AvgIpc) is 3.29. The molecule has 1 aliphatic heterocycles. The molecule has 2 atom stereocenters. The number of amides is 1. The maximum Gasteiger partial charge on any atom is 0.269 e. The van der Waals surface area contributed by atoms with Crippen LogP contribution in [0.25, 0.3) is 0 Å². The minimum atomic E-state index is -0.594. The third-order valence-electron chi connectivity index (χ3n) is 5.65. The second kappa shape index (κ2) is 6.41. The molecule has 5 nitrogen and oxygen atoms in total. The monoisotopic (exact) mass is 375 g/mol. The predicted octanol–water partition coefficient (Wildman–Crippen LogP) is 3.18. The van der Waals surface area contributed by atoms with Crippen LogP contribution in [0.4, 0.5) is 8.78 Å². The molecule has 0 radical (unpaired) electrons. The molecule has 1 saturated carbocycles. The summed E-state index contributed by atoms with van der Waals surface area (Å²) in [6.07, 6.45) is 2.03. The zero-order chi connectivity index (χ0) is 19.3. The number of nitrogens with one attached hydrogen (secondary N) is 1. The van der Waals surface area contributed by atoms with E-state index in [0.29, 0.717) is 24.2 Å². The van der Waals surface area contributed by atoms with Crippen LogP contribution < -0.4 is 5.32 Å². The molecule has 2 heterocycles. The first-order valence-electron chi connectivity index (χ1n) is 9.26. The quantitative estimate of drug-likeness (QED) is 0.893. The van der Waals surface area contributed by atoms with Gasteiger partial charge in [-0.3, -0.25) is 9.48 Å². The van der Waals surface area contributed by atoms with E-state index in [-0.39, 0.29) is 18.1 Å². The number of benzene rings is 1. The Morgan fingerprint density at radius 2 is 2.11 bits per heavy atom. The highest BCUT2D eigenvalue weighted by molar-refractivity contribution is 5.94. The molecule has 1 fully saturated rings. The third kappa shape index (κ3) is 3.14. The van der Waals surface area contributed by atoms with E-state index in [0.717, 1.165) is 30.2 Å². The van der Waals surface area contributed by atoms with Gasteiger partial charge in [0, 0.05) is 37.1 Å². The number of aryl methyl sites for hydroxylation is 1. The Bertz CT molecular complexity index is 905. The number of carbonyl (C=O) groups is 1. The van der Waals surface area contributed by atoms with Crippen molar-refractivity contribution in [3.8, 4) is 0 Å². The molecule has 2 aromatic rings.